The van der Waals surface area contributed by atoms with Gasteiger partial charge in [0, 0.05) is 38.9 Å². The van der Waals surface area contributed by atoms with Crippen LogP contribution in [0.3, 0.4) is 0 Å². The number of nitrogens with one attached hydrogen (secondary N) is 1. The summed E-state index contributed by atoms with van der Waals surface area (Å²) in [5.41, 5.74) is 3.80. The topological polar surface area (TPSA) is 61.6 Å². The van der Waals surface area contributed by atoms with Gasteiger partial charge in [-0.3, -0.25) is 0 Å². The van der Waals surface area contributed by atoms with Crippen LogP contribution in [0.4, 0.5) is 5.69 Å². The summed E-state index contributed by atoms with van der Waals surface area (Å²) >= 11 is 0. The van der Waals surface area contributed by atoms with Crippen molar-refractivity contribution in [2.45, 2.75) is 26.9 Å². The van der Waals surface area contributed by atoms with E-state index in [9.17, 15) is 0 Å². The molecule has 1 aliphatic rings. The quantitative estimate of drug-likeness (QED) is 0.302. The van der Waals surface area contributed by atoms with E-state index in [-0.39, 0.29) is 24.0 Å². The standard InChI is InChI=1S/C24H31N7.HI/c1-19-8-7-11-22(16-19)30-12-14-31(15-13-30)24(25-17-21-9-5-4-6-10-21)26-18-23-28-27-20(2)29(23)3;/h4-11,16H,12-15,17-18H2,1-3H3,(H,25,26);1H. The van der Waals surface area contributed by atoms with Crippen LogP contribution in [0, 0.1) is 13.8 Å². The minimum absolute atomic E-state index is 0. The number of guanidine groups is 1. The van der Waals surface area contributed by atoms with Gasteiger partial charge >= 0.3 is 0 Å². The van der Waals surface area contributed by atoms with E-state index in [0.717, 1.165) is 43.8 Å². The molecule has 1 fully saturated rings. The lowest BCUT2D eigenvalue weighted by molar-refractivity contribution is 0.370. The SMILES string of the molecule is Cc1cccc(N2CCN(C(=NCc3ccccc3)NCc3nnc(C)n3C)CC2)c1.I. The number of aliphatic imine (C=N–C) groups is 1. The normalized spacial score (nSPS) is 14.3. The molecule has 2 heterocycles. The monoisotopic (exact) mass is 545 g/mol. The summed E-state index contributed by atoms with van der Waals surface area (Å²) in [4.78, 5) is 9.73. The summed E-state index contributed by atoms with van der Waals surface area (Å²) in [5, 5.41) is 12.0. The Morgan fingerprint density at radius 1 is 0.969 bits per heavy atom. The average Bonchev–Trinajstić information content (AvgIpc) is 3.12. The number of hydrogen-bond acceptors (Lipinski definition) is 4. The molecule has 4 rings (SSSR count). The first-order chi connectivity index (χ1) is 15.1. The predicted molar refractivity (Wildman–Crippen MR) is 141 cm³/mol. The second-order valence-electron chi connectivity index (χ2n) is 8.01. The van der Waals surface area contributed by atoms with Crippen LogP contribution < -0.4 is 10.2 Å². The van der Waals surface area contributed by atoms with Gasteiger partial charge < -0.3 is 19.7 Å². The van der Waals surface area contributed by atoms with Gasteiger partial charge in [0.25, 0.3) is 0 Å². The third-order valence-corrected chi connectivity index (χ3v) is 5.79. The minimum atomic E-state index is 0. The summed E-state index contributed by atoms with van der Waals surface area (Å²) in [6.45, 7) is 9.15. The molecule has 7 nitrogen and oxygen atoms in total. The summed E-state index contributed by atoms with van der Waals surface area (Å²) in [5.74, 6) is 2.74. The number of rotatable bonds is 5. The lowest BCUT2D eigenvalue weighted by Crippen LogP contribution is -2.52. The number of aromatic nitrogens is 3. The Labute approximate surface area is 207 Å². The maximum absolute atomic E-state index is 4.94. The van der Waals surface area contributed by atoms with Gasteiger partial charge in [0.15, 0.2) is 11.8 Å². The summed E-state index contributed by atoms with van der Waals surface area (Å²) < 4.78 is 2.01. The molecule has 0 saturated carbocycles. The van der Waals surface area contributed by atoms with Gasteiger partial charge in [-0.15, -0.1) is 34.2 Å². The Morgan fingerprint density at radius 3 is 2.38 bits per heavy atom. The van der Waals surface area contributed by atoms with Gasteiger partial charge in [0.2, 0.25) is 0 Å². The molecule has 0 amide bonds. The van der Waals surface area contributed by atoms with Crippen molar-refractivity contribution in [3.8, 4) is 0 Å². The number of hydrogen-bond donors (Lipinski definition) is 1. The van der Waals surface area contributed by atoms with Gasteiger partial charge in [-0.2, -0.15) is 0 Å². The van der Waals surface area contributed by atoms with Crippen LogP contribution in [-0.4, -0.2) is 51.8 Å². The molecule has 0 spiro atoms. The van der Waals surface area contributed by atoms with Crippen molar-refractivity contribution < 1.29 is 0 Å². The second-order valence-corrected chi connectivity index (χ2v) is 8.01. The molecule has 0 aliphatic carbocycles. The highest BCUT2D eigenvalue weighted by Gasteiger charge is 2.20. The first-order valence-electron chi connectivity index (χ1n) is 10.8. The van der Waals surface area contributed by atoms with Crippen molar-refractivity contribution >= 4 is 35.6 Å². The number of piperazine rings is 1. The van der Waals surface area contributed by atoms with E-state index >= 15 is 0 Å². The van der Waals surface area contributed by atoms with Crippen molar-refractivity contribution in [2.24, 2.45) is 12.0 Å². The molecule has 0 atom stereocenters. The van der Waals surface area contributed by atoms with Gasteiger partial charge in [-0.1, -0.05) is 42.5 Å². The van der Waals surface area contributed by atoms with E-state index in [1.807, 2.05) is 24.6 Å². The molecular weight excluding hydrogens is 513 g/mol. The molecule has 8 heteroatoms. The van der Waals surface area contributed by atoms with Crippen LogP contribution in [-0.2, 0) is 20.1 Å². The van der Waals surface area contributed by atoms with Gasteiger partial charge in [0.05, 0.1) is 13.1 Å². The number of nitrogens with zero attached hydrogens (tertiary/aromatic N) is 6. The maximum Gasteiger partial charge on any atom is 0.194 e. The van der Waals surface area contributed by atoms with Crippen LogP contribution in [0.1, 0.15) is 22.8 Å². The average molecular weight is 545 g/mol. The van der Waals surface area contributed by atoms with E-state index in [1.165, 1.54) is 16.8 Å². The van der Waals surface area contributed by atoms with Crippen molar-refractivity contribution in [3.05, 3.63) is 77.4 Å². The van der Waals surface area contributed by atoms with Gasteiger partial charge in [-0.05, 0) is 37.1 Å². The van der Waals surface area contributed by atoms with E-state index in [1.54, 1.807) is 0 Å². The molecule has 3 aromatic rings. The third kappa shape index (κ3) is 5.99. The van der Waals surface area contributed by atoms with Crippen molar-refractivity contribution in [2.75, 3.05) is 31.1 Å². The smallest absolute Gasteiger partial charge is 0.194 e. The Hall–Kier alpha value is -2.62. The molecule has 1 aromatic heterocycles. The Bertz CT molecular complexity index is 1020. The summed E-state index contributed by atoms with van der Waals surface area (Å²) in [6, 6.07) is 19.1. The molecule has 1 N–H and O–H groups in total. The van der Waals surface area contributed by atoms with Crippen LogP contribution in [0.25, 0.3) is 0 Å². The third-order valence-electron chi connectivity index (χ3n) is 5.79. The van der Waals surface area contributed by atoms with Crippen molar-refractivity contribution in [1.29, 1.82) is 0 Å². The molecule has 0 unspecified atom stereocenters. The lowest BCUT2D eigenvalue weighted by Gasteiger charge is -2.38. The number of halogens is 1. The Kier molecular flexibility index (Phi) is 8.49. The summed E-state index contributed by atoms with van der Waals surface area (Å²) in [7, 11) is 1.99. The Morgan fingerprint density at radius 2 is 1.72 bits per heavy atom. The van der Waals surface area contributed by atoms with E-state index in [0.29, 0.717) is 13.1 Å². The maximum atomic E-state index is 4.94. The summed E-state index contributed by atoms with van der Waals surface area (Å²) in [6.07, 6.45) is 0. The van der Waals surface area contributed by atoms with E-state index < -0.39 is 0 Å². The van der Waals surface area contributed by atoms with Crippen LogP contribution in [0.5, 0.6) is 0 Å². The second kappa shape index (κ2) is 11.3. The number of benzene rings is 2. The van der Waals surface area contributed by atoms with Crippen LogP contribution in [0.15, 0.2) is 59.6 Å². The zero-order valence-electron chi connectivity index (χ0n) is 19.0. The lowest BCUT2D eigenvalue weighted by atomic mass is 10.2. The first-order valence-corrected chi connectivity index (χ1v) is 10.8. The highest BCUT2D eigenvalue weighted by Crippen LogP contribution is 2.18. The molecule has 1 aliphatic heterocycles. The largest absolute Gasteiger partial charge is 0.368 e. The van der Waals surface area contributed by atoms with E-state index in [4.69, 9.17) is 4.99 Å². The predicted octanol–water partition coefficient (Wildman–Crippen LogP) is 3.52. The number of anilines is 1. The highest BCUT2D eigenvalue weighted by molar-refractivity contribution is 14.0. The molecular formula is C24H32IN7. The molecule has 0 bridgehead atoms. The zero-order valence-corrected chi connectivity index (χ0v) is 21.4. The molecule has 2 aromatic carbocycles. The zero-order chi connectivity index (χ0) is 21.6. The molecule has 170 valence electrons. The fraction of sp³-hybridized carbons (Fsp3) is 0.375. The van der Waals surface area contributed by atoms with Crippen LogP contribution in [0.2, 0.25) is 0 Å². The van der Waals surface area contributed by atoms with Crippen LogP contribution >= 0.6 is 24.0 Å². The van der Waals surface area contributed by atoms with Crippen molar-refractivity contribution in [3.63, 3.8) is 0 Å². The van der Waals surface area contributed by atoms with Gasteiger partial charge in [-0.25, -0.2) is 4.99 Å². The number of aryl methyl sites for hydroxylation is 2. The van der Waals surface area contributed by atoms with E-state index in [2.05, 4.69) is 80.8 Å². The fourth-order valence-electron chi connectivity index (χ4n) is 3.78. The van der Waals surface area contributed by atoms with Crippen molar-refractivity contribution in [1.82, 2.24) is 25.0 Å². The molecule has 32 heavy (non-hydrogen) atoms. The van der Waals surface area contributed by atoms with Gasteiger partial charge in [0.1, 0.15) is 5.82 Å². The Balaban J connectivity index is 0.00000289. The highest BCUT2D eigenvalue weighted by atomic mass is 127. The first kappa shape index (κ1) is 24.0. The molecule has 0 radical (unpaired) electrons. The minimum Gasteiger partial charge on any atom is -0.368 e. The fourth-order valence-corrected chi connectivity index (χ4v) is 3.78. The molecule has 1 saturated heterocycles.